The van der Waals surface area contributed by atoms with Gasteiger partial charge in [-0.1, -0.05) is 38.1 Å². The minimum atomic E-state index is -1.16. The van der Waals surface area contributed by atoms with E-state index in [1.54, 1.807) is 0 Å². The quantitative estimate of drug-likeness (QED) is 0.324. The summed E-state index contributed by atoms with van der Waals surface area (Å²) in [6.45, 7) is 12.3. The Kier molecular flexibility index (Phi) is 5.95. The molecule has 0 unspecified atom stereocenters. The summed E-state index contributed by atoms with van der Waals surface area (Å²) in [7, 11) is -2.31. The normalized spacial score (nSPS) is 22.1. The van der Waals surface area contributed by atoms with Crippen LogP contribution in [0.15, 0.2) is 0 Å². The SMILES string of the molecule is CCOC(=O)CCCSN1[Si](C)(C)CC[Si]1(C)C. The third kappa shape index (κ3) is 4.40. The van der Waals surface area contributed by atoms with Gasteiger partial charge in [-0.3, -0.25) is 8.43 Å². The lowest BCUT2D eigenvalue weighted by molar-refractivity contribution is -0.143. The average molecular weight is 306 g/mol. The van der Waals surface area contributed by atoms with E-state index in [-0.39, 0.29) is 5.97 Å². The van der Waals surface area contributed by atoms with E-state index < -0.39 is 16.5 Å². The fourth-order valence-corrected chi connectivity index (χ4v) is 19.5. The lowest BCUT2D eigenvalue weighted by atomic mass is 10.3. The number of rotatable bonds is 6. The topological polar surface area (TPSA) is 29.5 Å². The summed E-state index contributed by atoms with van der Waals surface area (Å²) in [5, 5.41) is 0. The highest BCUT2D eigenvalue weighted by atomic mass is 32.2. The van der Waals surface area contributed by atoms with Gasteiger partial charge in [-0.05, 0) is 25.4 Å². The van der Waals surface area contributed by atoms with Crippen molar-refractivity contribution in [3.8, 4) is 0 Å². The molecule has 0 saturated carbocycles. The second kappa shape index (κ2) is 6.59. The maximum atomic E-state index is 11.3. The van der Waals surface area contributed by atoms with Crippen LogP contribution in [0.25, 0.3) is 0 Å². The molecule has 1 rings (SSSR count). The van der Waals surface area contributed by atoms with Crippen LogP contribution < -0.4 is 0 Å². The molecule has 18 heavy (non-hydrogen) atoms. The molecule has 0 aromatic heterocycles. The Labute approximate surface area is 118 Å². The van der Waals surface area contributed by atoms with Crippen LogP contribution in [-0.4, -0.2) is 38.4 Å². The van der Waals surface area contributed by atoms with Gasteiger partial charge in [0.2, 0.25) is 0 Å². The summed E-state index contributed by atoms with van der Waals surface area (Å²) in [6, 6.07) is 2.88. The zero-order chi connectivity index (χ0) is 13.8. The van der Waals surface area contributed by atoms with Crippen molar-refractivity contribution in [3.63, 3.8) is 0 Å². The van der Waals surface area contributed by atoms with Crippen molar-refractivity contribution < 1.29 is 9.53 Å². The van der Waals surface area contributed by atoms with E-state index in [2.05, 4.69) is 29.8 Å². The maximum Gasteiger partial charge on any atom is 0.305 e. The van der Waals surface area contributed by atoms with Gasteiger partial charge in [-0.2, -0.15) is 0 Å². The summed E-state index contributed by atoms with van der Waals surface area (Å²) in [5.41, 5.74) is 0. The monoisotopic (exact) mass is 305 g/mol. The second-order valence-corrected chi connectivity index (χ2v) is 17.4. The van der Waals surface area contributed by atoms with Gasteiger partial charge in [0.15, 0.2) is 0 Å². The highest BCUT2D eigenvalue weighted by Gasteiger charge is 2.47. The molecule has 0 aliphatic carbocycles. The van der Waals surface area contributed by atoms with Gasteiger partial charge in [0, 0.05) is 12.2 Å². The molecule has 0 amide bonds. The molecule has 0 aromatic rings. The van der Waals surface area contributed by atoms with Crippen LogP contribution in [-0.2, 0) is 9.53 Å². The summed E-state index contributed by atoms with van der Waals surface area (Å²) in [5.74, 6) is 1.01. The molecule has 0 aromatic carbocycles. The first-order chi connectivity index (χ1) is 8.29. The molecule has 0 spiro atoms. The molecule has 1 saturated heterocycles. The maximum absolute atomic E-state index is 11.3. The molecule has 0 N–H and O–H groups in total. The molecule has 1 heterocycles. The smallest absolute Gasteiger partial charge is 0.305 e. The summed E-state index contributed by atoms with van der Waals surface area (Å²) in [6.07, 6.45) is 1.51. The predicted octanol–water partition coefficient (Wildman–Crippen LogP) is 3.70. The van der Waals surface area contributed by atoms with Crippen molar-refractivity contribution in [2.75, 3.05) is 12.4 Å². The van der Waals surface area contributed by atoms with Crippen molar-refractivity contribution in [1.82, 2.24) is 3.64 Å². The molecule has 3 nitrogen and oxygen atoms in total. The van der Waals surface area contributed by atoms with Crippen molar-refractivity contribution in [1.29, 1.82) is 0 Å². The Balaban J connectivity index is 2.32. The Bertz CT molecular complexity index is 282. The Morgan fingerprint density at radius 3 is 2.28 bits per heavy atom. The van der Waals surface area contributed by atoms with Crippen molar-refractivity contribution in [2.45, 2.75) is 58.0 Å². The zero-order valence-electron chi connectivity index (χ0n) is 12.4. The van der Waals surface area contributed by atoms with Crippen LogP contribution in [0.1, 0.15) is 19.8 Å². The Morgan fingerprint density at radius 2 is 1.78 bits per heavy atom. The standard InChI is InChI=1S/C12H27NO2SSi2/c1-6-15-12(14)8-7-9-16-13-17(2,3)10-11-18(13,4)5/h6-11H2,1-5H3. The minimum absolute atomic E-state index is 0.0486. The highest BCUT2D eigenvalue weighted by molar-refractivity contribution is 7.99. The van der Waals surface area contributed by atoms with Crippen molar-refractivity contribution in [3.05, 3.63) is 0 Å². The fraction of sp³-hybridized carbons (Fsp3) is 0.917. The first kappa shape index (κ1) is 16.3. The Hall–Kier alpha value is 0.214. The van der Waals surface area contributed by atoms with Gasteiger partial charge in [-0.15, -0.1) is 0 Å². The first-order valence-corrected chi connectivity index (χ1v) is 14.1. The number of carbonyl (C=O) groups excluding carboxylic acids is 1. The lowest BCUT2D eigenvalue weighted by Crippen LogP contribution is -2.50. The number of hydrogen-bond acceptors (Lipinski definition) is 4. The Morgan fingerprint density at radius 1 is 1.22 bits per heavy atom. The number of nitrogens with zero attached hydrogens (tertiary/aromatic N) is 1. The van der Waals surface area contributed by atoms with Crippen LogP contribution in [0.2, 0.25) is 38.3 Å². The molecular weight excluding hydrogens is 278 g/mol. The van der Waals surface area contributed by atoms with Gasteiger partial charge >= 0.3 is 5.97 Å². The van der Waals surface area contributed by atoms with Gasteiger partial charge in [-0.25, -0.2) is 0 Å². The zero-order valence-corrected chi connectivity index (χ0v) is 15.2. The number of esters is 1. The molecule has 6 heteroatoms. The van der Waals surface area contributed by atoms with Gasteiger partial charge < -0.3 is 4.74 Å². The molecule has 1 fully saturated rings. The molecule has 0 radical (unpaired) electrons. The van der Waals surface area contributed by atoms with E-state index in [9.17, 15) is 4.79 Å². The van der Waals surface area contributed by atoms with E-state index in [4.69, 9.17) is 4.74 Å². The van der Waals surface area contributed by atoms with E-state index >= 15 is 0 Å². The van der Waals surface area contributed by atoms with Crippen LogP contribution in [0.4, 0.5) is 0 Å². The van der Waals surface area contributed by atoms with E-state index in [0.717, 1.165) is 12.2 Å². The minimum Gasteiger partial charge on any atom is -0.466 e. The number of hydrogen-bond donors (Lipinski definition) is 0. The van der Waals surface area contributed by atoms with Gasteiger partial charge in [0.05, 0.1) is 6.61 Å². The average Bonchev–Trinajstić information content (AvgIpc) is 2.46. The summed E-state index contributed by atoms with van der Waals surface area (Å²) in [4.78, 5) is 11.3. The first-order valence-electron chi connectivity index (χ1n) is 6.88. The lowest BCUT2D eigenvalue weighted by Gasteiger charge is -2.37. The third-order valence-corrected chi connectivity index (χ3v) is 17.2. The van der Waals surface area contributed by atoms with Crippen LogP contribution in [0, 0.1) is 0 Å². The van der Waals surface area contributed by atoms with Gasteiger partial charge in [0.1, 0.15) is 16.5 Å². The van der Waals surface area contributed by atoms with E-state index in [1.165, 1.54) is 12.1 Å². The number of ether oxygens (including phenoxy) is 1. The summed E-state index contributed by atoms with van der Waals surface area (Å²) < 4.78 is 7.75. The predicted molar refractivity (Wildman–Crippen MR) is 84.7 cm³/mol. The van der Waals surface area contributed by atoms with Crippen LogP contribution >= 0.6 is 11.9 Å². The van der Waals surface area contributed by atoms with Crippen LogP contribution in [0.3, 0.4) is 0 Å². The molecule has 0 bridgehead atoms. The van der Waals surface area contributed by atoms with Crippen molar-refractivity contribution in [2.24, 2.45) is 0 Å². The largest absolute Gasteiger partial charge is 0.466 e. The second-order valence-electron chi connectivity index (χ2n) is 6.16. The molecule has 1 aliphatic heterocycles. The van der Waals surface area contributed by atoms with Crippen molar-refractivity contribution >= 4 is 34.4 Å². The fourth-order valence-electron chi connectivity index (χ4n) is 2.59. The number of carbonyl (C=O) groups is 1. The molecular formula is C12H27NO2SSi2. The van der Waals surface area contributed by atoms with Gasteiger partial charge in [0.25, 0.3) is 0 Å². The summed E-state index contributed by atoms with van der Waals surface area (Å²) >= 11 is 2.01. The molecule has 0 atom stereocenters. The van der Waals surface area contributed by atoms with E-state index in [0.29, 0.717) is 13.0 Å². The third-order valence-electron chi connectivity index (χ3n) is 3.50. The van der Waals surface area contributed by atoms with Crippen LogP contribution in [0.5, 0.6) is 0 Å². The molecule has 106 valence electrons. The highest BCUT2D eigenvalue weighted by Crippen LogP contribution is 2.41. The van der Waals surface area contributed by atoms with E-state index in [1.807, 2.05) is 18.9 Å². The molecule has 1 aliphatic rings.